The quantitative estimate of drug-likeness (QED) is 0.685. The topological polar surface area (TPSA) is 95.7 Å². The average Bonchev–Trinajstić information content (AvgIpc) is 2.91. The van der Waals surface area contributed by atoms with Crippen LogP contribution in [0, 0.1) is 12.8 Å². The lowest BCUT2D eigenvalue weighted by Crippen LogP contribution is -2.37. The smallest absolute Gasteiger partial charge is 0.388 e. The number of hydrogen-bond acceptors (Lipinski definition) is 6. The van der Waals surface area contributed by atoms with E-state index >= 15 is 0 Å². The van der Waals surface area contributed by atoms with Crippen LogP contribution in [0.25, 0.3) is 6.08 Å². The fourth-order valence-electron chi connectivity index (χ4n) is 4.28. The van der Waals surface area contributed by atoms with Gasteiger partial charge in [0.1, 0.15) is 30.7 Å². The van der Waals surface area contributed by atoms with Gasteiger partial charge in [0, 0.05) is 17.2 Å². The van der Waals surface area contributed by atoms with Gasteiger partial charge in [-0.15, -0.1) is 0 Å². The van der Waals surface area contributed by atoms with Crippen LogP contribution in [0.5, 0.6) is 0 Å². The number of alkyl halides is 3. The highest BCUT2D eigenvalue weighted by atomic mass is 19.4. The summed E-state index contributed by atoms with van der Waals surface area (Å²) >= 11 is 0. The minimum Gasteiger partial charge on any atom is -0.388 e. The van der Waals surface area contributed by atoms with E-state index in [0.717, 1.165) is 29.1 Å². The van der Waals surface area contributed by atoms with Crippen molar-refractivity contribution in [3.63, 3.8) is 0 Å². The highest BCUT2D eigenvalue weighted by Crippen LogP contribution is 2.38. The van der Waals surface area contributed by atoms with Gasteiger partial charge in [0.25, 0.3) is 0 Å². The summed E-state index contributed by atoms with van der Waals surface area (Å²) in [6, 6.07) is 4.24. The summed E-state index contributed by atoms with van der Waals surface area (Å²) in [6.07, 6.45) is -4.50. The molecule has 0 radical (unpaired) electrons. The molecule has 0 bridgehead atoms. The number of hydrogen-bond donors (Lipinski definition) is 3. The van der Waals surface area contributed by atoms with Crippen LogP contribution in [0.1, 0.15) is 40.6 Å². The molecule has 31 heavy (non-hydrogen) atoms. The van der Waals surface area contributed by atoms with Crippen molar-refractivity contribution >= 4 is 6.08 Å². The summed E-state index contributed by atoms with van der Waals surface area (Å²) in [6.45, 7) is 1.87. The SMILES string of the molecule is Cc1ncnc2c1C=CC(C1OC(C(O)c3cccc(C(F)(F)F)c3)C(O)C1O)CC2. The predicted octanol–water partition coefficient (Wildman–Crippen LogP) is 2.60. The molecule has 0 saturated carbocycles. The molecule has 2 aliphatic rings. The number of rotatable bonds is 3. The van der Waals surface area contributed by atoms with E-state index in [1.807, 2.05) is 19.1 Å². The van der Waals surface area contributed by atoms with Crippen molar-refractivity contribution in [2.75, 3.05) is 0 Å². The van der Waals surface area contributed by atoms with Crippen LogP contribution < -0.4 is 0 Å². The highest BCUT2D eigenvalue weighted by Gasteiger charge is 2.48. The third-order valence-electron chi connectivity index (χ3n) is 6.02. The van der Waals surface area contributed by atoms with Crippen LogP contribution in [-0.4, -0.2) is 49.7 Å². The lowest BCUT2D eigenvalue weighted by molar-refractivity contribution is -0.137. The summed E-state index contributed by atoms with van der Waals surface area (Å²) in [7, 11) is 0. The number of ether oxygens (including phenoxy) is 1. The molecular weight excluding hydrogens is 413 g/mol. The molecule has 3 N–H and O–H groups in total. The number of aromatic nitrogens is 2. The molecular formula is C22H23F3N2O4. The van der Waals surface area contributed by atoms with E-state index < -0.39 is 42.3 Å². The van der Waals surface area contributed by atoms with Crippen molar-refractivity contribution in [1.29, 1.82) is 0 Å². The molecule has 4 rings (SSSR count). The number of aryl methyl sites for hydroxylation is 2. The van der Waals surface area contributed by atoms with Gasteiger partial charge in [0.15, 0.2) is 0 Å². The van der Waals surface area contributed by atoms with Crippen LogP contribution >= 0.6 is 0 Å². The predicted molar refractivity (Wildman–Crippen MR) is 105 cm³/mol. The fraction of sp³-hybridized carbons (Fsp3) is 0.455. The molecule has 1 saturated heterocycles. The second-order valence-electron chi connectivity index (χ2n) is 8.00. The Morgan fingerprint density at radius 2 is 1.94 bits per heavy atom. The molecule has 1 aromatic carbocycles. The normalized spacial score (nSPS) is 29.5. The maximum Gasteiger partial charge on any atom is 0.416 e. The van der Waals surface area contributed by atoms with Crippen LogP contribution in [-0.2, 0) is 17.3 Å². The number of fused-ring (bicyclic) bond motifs is 1. The highest BCUT2D eigenvalue weighted by molar-refractivity contribution is 5.55. The van der Waals surface area contributed by atoms with Gasteiger partial charge in [0.2, 0.25) is 0 Å². The molecule has 1 fully saturated rings. The molecule has 1 aliphatic heterocycles. The lowest BCUT2D eigenvalue weighted by Gasteiger charge is -2.24. The zero-order valence-corrected chi connectivity index (χ0v) is 16.7. The molecule has 9 heteroatoms. The average molecular weight is 436 g/mol. The van der Waals surface area contributed by atoms with Gasteiger partial charge in [-0.3, -0.25) is 0 Å². The van der Waals surface area contributed by atoms with E-state index in [2.05, 4.69) is 9.97 Å². The van der Waals surface area contributed by atoms with Crippen molar-refractivity contribution in [2.24, 2.45) is 5.92 Å². The van der Waals surface area contributed by atoms with Crippen molar-refractivity contribution in [3.8, 4) is 0 Å². The molecule has 0 amide bonds. The third kappa shape index (κ3) is 4.23. The summed E-state index contributed by atoms with van der Waals surface area (Å²) in [5.74, 6) is -0.281. The lowest BCUT2D eigenvalue weighted by atomic mass is 9.91. The number of aliphatic hydroxyl groups is 3. The molecule has 1 aromatic heterocycles. The standard InChI is InChI=1S/C22H23F3N2O4/c1-11-15-7-5-12(6-8-16(15)27-10-26-11)20-18(29)19(30)21(31-20)17(28)13-3-2-4-14(9-13)22(23,24)25/h2-5,7,9-10,12,17-21,28-30H,6,8H2,1H3. The summed E-state index contributed by atoms with van der Waals surface area (Å²) in [5, 5.41) is 31.7. The van der Waals surface area contributed by atoms with Gasteiger partial charge < -0.3 is 20.1 Å². The Kier molecular flexibility index (Phi) is 5.87. The monoisotopic (exact) mass is 436 g/mol. The first-order chi connectivity index (χ1) is 14.7. The molecule has 6 unspecified atom stereocenters. The Hall–Kier alpha value is -2.33. The Bertz CT molecular complexity index is 981. The molecule has 1 aliphatic carbocycles. The van der Waals surface area contributed by atoms with E-state index in [9.17, 15) is 28.5 Å². The molecule has 2 heterocycles. The summed E-state index contributed by atoms with van der Waals surface area (Å²) in [4.78, 5) is 8.48. The molecule has 166 valence electrons. The number of nitrogens with zero attached hydrogens (tertiary/aromatic N) is 2. The maximum absolute atomic E-state index is 13.0. The largest absolute Gasteiger partial charge is 0.416 e. The molecule has 2 aromatic rings. The van der Waals surface area contributed by atoms with Crippen LogP contribution in [0.3, 0.4) is 0 Å². The first-order valence-corrected chi connectivity index (χ1v) is 10.0. The van der Waals surface area contributed by atoms with Gasteiger partial charge in [-0.1, -0.05) is 24.3 Å². The first-order valence-electron chi connectivity index (χ1n) is 10.0. The second kappa shape index (κ2) is 8.31. The summed E-state index contributed by atoms with van der Waals surface area (Å²) in [5.41, 5.74) is 1.65. The van der Waals surface area contributed by atoms with Crippen LogP contribution in [0.15, 0.2) is 36.7 Å². The molecule has 0 spiro atoms. The van der Waals surface area contributed by atoms with Crippen LogP contribution in [0.4, 0.5) is 13.2 Å². The Balaban J connectivity index is 1.54. The maximum atomic E-state index is 13.0. The van der Waals surface area contributed by atoms with Gasteiger partial charge in [0.05, 0.1) is 17.4 Å². The minimum absolute atomic E-state index is 0.0403. The Morgan fingerprint density at radius 1 is 1.16 bits per heavy atom. The van der Waals surface area contributed by atoms with Gasteiger partial charge in [-0.05, 0) is 37.5 Å². The first kappa shape index (κ1) is 21.9. The minimum atomic E-state index is -4.56. The van der Waals surface area contributed by atoms with Crippen molar-refractivity contribution < 1.29 is 33.2 Å². The van der Waals surface area contributed by atoms with E-state index in [4.69, 9.17) is 4.74 Å². The van der Waals surface area contributed by atoms with Crippen molar-refractivity contribution in [3.05, 3.63) is 64.7 Å². The fourth-order valence-corrected chi connectivity index (χ4v) is 4.28. The number of aliphatic hydroxyl groups excluding tert-OH is 3. The van der Waals surface area contributed by atoms with Gasteiger partial charge >= 0.3 is 6.18 Å². The van der Waals surface area contributed by atoms with E-state index in [-0.39, 0.29) is 11.5 Å². The zero-order chi connectivity index (χ0) is 22.3. The van der Waals surface area contributed by atoms with Gasteiger partial charge in [-0.2, -0.15) is 13.2 Å². The Morgan fingerprint density at radius 3 is 2.68 bits per heavy atom. The second-order valence-corrected chi connectivity index (χ2v) is 8.00. The molecule has 6 nitrogen and oxygen atoms in total. The van der Waals surface area contributed by atoms with E-state index in [1.54, 1.807) is 0 Å². The van der Waals surface area contributed by atoms with Gasteiger partial charge in [-0.25, -0.2) is 9.97 Å². The zero-order valence-electron chi connectivity index (χ0n) is 16.7. The molecule has 6 atom stereocenters. The van der Waals surface area contributed by atoms with E-state index in [0.29, 0.717) is 12.8 Å². The summed E-state index contributed by atoms with van der Waals surface area (Å²) < 4.78 is 44.9. The van der Waals surface area contributed by atoms with Crippen molar-refractivity contribution in [1.82, 2.24) is 9.97 Å². The van der Waals surface area contributed by atoms with Crippen LogP contribution in [0.2, 0.25) is 0 Å². The van der Waals surface area contributed by atoms with E-state index in [1.165, 1.54) is 18.5 Å². The third-order valence-corrected chi connectivity index (χ3v) is 6.02. The van der Waals surface area contributed by atoms with Crippen molar-refractivity contribution in [2.45, 2.75) is 56.5 Å². The Labute approximate surface area is 177 Å². The number of benzene rings is 1. The number of halogens is 3.